The van der Waals surface area contributed by atoms with Gasteiger partial charge >= 0.3 is 0 Å². The lowest BCUT2D eigenvalue weighted by molar-refractivity contribution is 0.0986. The third kappa shape index (κ3) is 2.63. The van der Waals surface area contributed by atoms with Crippen molar-refractivity contribution in [1.82, 2.24) is 0 Å². The minimum absolute atomic E-state index is 0.253. The maximum Gasteiger partial charge on any atom is 0.173 e. The molecule has 0 saturated heterocycles. The maximum absolute atomic E-state index is 12.2. The molecular weight excluding hydrogens is 268 g/mol. The van der Waals surface area contributed by atoms with Crippen molar-refractivity contribution in [2.45, 2.75) is 33.1 Å². The van der Waals surface area contributed by atoms with Gasteiger partial charge < -0.3 is 4.74 Å². The molecule has 0 fully saturated rings. The lowest BCUT2D eigenvalue weighted by Gasteiger charge is -2.03. The van der Waals surface area contributed by atoms with Gasteiger partial charge in [0.05, 0.1) is 11.5 Å². The number of carbonyl (C=O) groups excluding carboxylic acids is 1. The molecule has 2 heterocycles. The number of aryl methyl sites for hydroxylation is 3. The number of hydrogen-bond acceptors (Lipinski definition) is 3. The molecule has 3 rings (SSSR count). The van der Waals surface area contributed by atoms with E-state index in [-0.39, 0.29) is 5.78 Å². The molecule has 104 valence electrons. The van der Waals surface area contributed by atoms with E-state index < -0.39 is 0 Å². The van der Waals surface area contributed by atoms with Crippen molar-refractivity contribution in [2.24, 2.45) is 0 Å². The lowest BCUT2D eigenvalue weighted by atomic mass is 10.0. The molecule has 0 amide bonds. The summed E-state index contributed by atoms with van der Waals surface area (Å²) in [5.41, 5.74) is 3.72. The molecule has 0 atom stereocenters. The van der Waals surface area contributed by atoms with Crippen LogP contribution in [0.25, 0.3) is 0 Å². The first kappa shape index (κ1) is 13.4. The summed E-state index contributed by atoms with van der Waals surface area (Å²) in [5.74, 6) is 1.26. The van der Waals surface area contributed by atoms with E-state index in [0.717, 1.165) is 30.1 Å². The summed E-state index contributed by atoms with van der Waals surface area (Å²) in [4.78, 5) is 14.3. The van der Waals surface area contributed by atoms with Gasteiger partial charge in [0.25, 0.3) is 0 Å². The molecule has 0 aliphatic carbocycles. The Hall–Kier alpha value is -1.61. The highest BCUT2D eigenvalue weighted by Gasteiger charge is 2.14. The van der Waals surface area contributed by atoms with Gasteiger partial charge in [-0.25, -0.2) is 0 Å². The maximum atomic E-state index is 12.2. The van der Waals surface area contributed by atoms with Gasteiger partial charge in [0.1, 0.15) is 5.75 Å². The molecule has 20 heavy (non-hydrogen) atoms. The van der Waals surface area contributed by atoms with Crippen molar-refractivity contribution in [2.75, 3.05) is 6.61 Å². The van der Waals surface area contributed by atoms with Crippen molar-refractivity contribution >= 4 is 17.1 Å². The van der Waals surface area contributed by atoms with Gasteiger partial charge in [0, 0.05) is 17.7 Å². The van der Waals surface area contributed by atoms with E-state index in [1.165, 1.54) is 21.6 Å². The van der Waals surface area contributed by atoms with Crippen LogP contribution in [-0.2, 0) is 12.8 Å². The quantitative estimate of drug-likeness (QED) is 0.790. The zero-order valence-corrected chi connectivity index (χ0v) is 12.7. The lowest BCUT2D eigenvalue weighted by Crippen LogP contribution is -1.99. The first-order chi connectivity index (χ1) is 9.63. The Bertz CT molecular complexity index is 636. The number of rotatable bonds is 4. The zero-order valence-electron chi connectivity index (χ0n) is 11.9. The number of ether oxygens (including phenoxy) is 1. The van der Waals surface area contributed by atoms with Gasteiger partial charge in [-0.1, -0.05) is 12.1 Å². The Morgan fingerprint density at radius 2 is 2.15 bits per heavy atom. The molecule has 0 saturated carbocycles. The first-order valence-corrected chi connectivity index (χ1v) is 7.80. The molecule has 0 N–H and O–H groups in total. The van der Waals surface area contributed by atoms with Crippen LogP contribution in [0.5, 0.6) is 5.75 Å². The molecule has 1 aromatic heterocycles. The number of benzene rings is 1. The smallest absolute Gasteiger partial charge is 0.173 e. The fourth-order valence-corrected chi connectivity index (χ4v) is 3.49. The Morgan fingerprint density at radius 1 is 1.30 bits per heavy atom. The zero-order chi connectivity index (χ0) is 14.1. The van der Waals surface area contributed by atoms with Crippen molar-refractivity contribution in [1.29, 1.82) is 0 Å². The van der Waals surface area contributed by atoms with Gasteiger partial charge in [-0.3, -0.25) is 4.79 Å². The minimum atomic E-state index is 0.253. The van der Waals surface area contributed by atoms with Gasteiger partial charge in [-0.05, 0) is 49.1 Å². The molecule has 2 nitrogen and oxygen atoms in total. The van der Waals surface area contributed by atoms with Crippen LogP contribution in [0.2, 0.25) is 0 Å². The number of thiophene rings is 1. The van der Waals surface area contributed by atoms with Crippen LogP contribution in [0, 0.1) is 13.8 Å². The third-order valence-electron chi connectivity index (χ3n) is 3.84. The van der Waals surface area contributed by atoms with E-state index in [2.05, 4.69) is 26.0 Å². The summed E-state index contributed by atoms with van der Waals surface area (Å²) in [5, 5.41) is 0. The molecule has 2 aromatic rings. The van der Waals surface area contributed by atoms with Gasteiger partial charge in [-0.15, -0.1) is 11.3 Å². The fourth-order valence-electron chi connectivity index (χ4n) is 2.49. The summed E-state index contributed by atoms with van der Waals surface area (Å²) < 4.78 is 5.50. The molecule has 0 bridgehead atoms. The molecule has 1 aliphatic heterocycles. The highest BCUT2D eigenvalue weighted by molar-refractivity contribution is 7.14. The third-order valence-corrected chi connectivity index (χ3v) is 5.03. The van der Waals surface area contributed by atoms with Gasteiger partial charge in [-0.2, -0.15) is 0 Å². The van der Waals surface area contributed by atoms with Gasteiger partial charge in [0.2, 0.25) is 0 Å². The van der Waals surface area contributed by atoms with Crippen LogP contribution in [-0.4, -0.2) is 12.4 Å². The van der Waals surface area contributed by atoms with E-state index in [0.29, 0.717) is 6.42 Å². The predicted octanol–water partition coefficient (Wildman–Crippen LogP) is 4.12. The molecule has 1 aliphatic rings. The summed E-state index contributed by atoms with van der Waals surface area (Å²) >= 11 is 1.61. The molecule has 3 heteroatoms. The Kier molecular flexibility index (Phi) is 3.62. The normalized spacial score (nSPS) is 13.1. The van der Waals surface area contributed by atoms with Crippen LogP contribution in [0.1, 0.15) is 37.7 Å². The second-order valence-electron chi connectivity index (χ2n) is 5.31. The second kappa shape index (κ2) is 5.41. The standard InChI is InChI=1S/C17H18O2S/c1-11-9-17(20-12(11)2)15(18)5-3-13-4-6-16-14(10-13)7-8-19-16/h4,6,9-10H,3,5,7-8H2,1-2H3. The van der Waals surface area contributed by atoms with Crippen molar-refractivity contribution in [3.63, 3.8) is 0 Å². The largest absolute Gasteiger partial charge is 0.493 e. The highest BCUT2D eigenvalue weighted by atomic mass is 32.1. The monoisotopic (exact) mass is 286 g/mol. The topological polar surface area (TPSA) is 26.3 Å². The van der Waals surface area contributed by atoms with Crippen molar-refractivity contribution < 1.29 is 9.53 Å². The average molecular weight is 286 g/mol. The van der Waals surface area contributed by atoms with Crippen LogP contribution in [0.4, 0.5) is 0 Å². The molecule has 0 unspecified atom stereocenters. The minimum Gasteiger partial charge on any atom is -0.493 e. The van der Waals surface area contributed by atoms with E-state index >= 15 is 0 Å². The average Bonchev–Trinajstić information content (AvgIpc) is 3.03. The van der Waals surface area contributed by atoms with E-state index in [1.54, 1.807) is 11.3 Å². The van der Waals surface area contributed by atoms with E-state index in [9.17, 15) is 4.79 Å². The van der Waals surface area contributed by atoms with Gasteiger partial charge in [0.15, 0.2) is 5.78 Å². The van der Waals surface area contributed by atoms with Crippen molar-refractivity contribution in [3.05, 3.63) is 50.7 Å². The van der Waals surface area contributed by atoms with Crippen LogP contribution >= 0.6 is 11.3 Å². The van der Waals surface area contributed by atoms with E-state index in [1.807, 2.05) is 12.1 Å². The van der Waals surface area contributed by atoms with Crippen molar-refractivity contribution in [3.8, 4) is 5.75 Å². The molecule has 0 spiro atoms. The van der Waals surface area contributed by atoms with Crippen LogP contribution in [0.15, 0.2) is 24.3 Å². The number of fused-ring (bicyclic) bond motifs is 1. The predicted molar refractivity (Wildman–Crippen MR) is 82.1 cm³/mol. The Balaban J connectivity index is 1.66. The number of hydrogen-bond donors (Lipinski definition) is 0. The summed E-state index contributed by atoms with van der Waals surface area (Å²) in [6.07, 6.45) is 2.38. The highest BCUT2D eigenvalue weighted by Crippen LogP contribution is 2.27. The van der Waals surface area contributed by atoms with Crippen LogP contribution in [0.3, 0.4) is 0 Å². The Morgan fingerprint density at radius 3 is 2.90 bits per heavy atom. The number of Topliss-reactive ketones (excluding diaryl/α,β-unsaturated/α-hetero) is 1. The summed E-state index contributed by atoms with van der Waals surface area (Å²) in [6.45, 7) is 4.91. The second-order valence-corrected chi connectivity index (χ2v) is 6.57. The molecule has 0 radical (unpaired) electrons. The summed E-state index contributed by atoms with van der Waals surface area (Å²) in [6, 6.07) is 8.29. The SMILES string of the molecule is Cc1cc(C(=O)CCc2ccc3c(c2)CCO3)sc1C. The fraction of sp³-hybridized carbons (Fsp3) is 0.353. The summed E-state index contributed by atoms with van der Waals surface area (Å²) in [7, 11) is 0. The number of carbonyl (C=O) groups is 1. The Labute approximate surface area is 123 Å². The first-order valence-electron chi connectivity index (χ1n) is 6.98. The van der Waals surface area contributed by atoms with E-state index in [4.69, 9.17) is 4.74 Å². The molecular formula is C17H18O2S. The van der Waals surface area contributed by atoms with Crippen LogP contribution < -0.4 is 4.74 Å². The molecule has 1 aromatic carbocycles. The number of ketones is 1.